The molecule has 1 aliphatic rings. The van der Waals surface area contributed by atoms with Crippen molar-refractivity contribution < 1.29 is 27.8 Å². The largest absolute Gasteiger partial charge is 0.573 e. The van der Waals surface area contributed by atoms with E-state index in [0.29, 0.717) is 32.8 Å². The second-order valence-electron chi connectivity index (χ2n) is 4.66. The fourth-order valence-corrected chi connectivity index (χ4v) is 2.05. The summed E-state index contributed by atoms with van der Waals surface area (Å²) in [5.41, 5.74) is 0.855. The molecule has 0 unspecified atom stereocenters. The van der Waals surface area contributed by atoms with E-state index in [1.54, 1.807) is 12.1 Å². The molecule has 1 saturated heterocycles. The van der Waals surface area contributed by atoms with E-state index in [4.69, 9.17) is 4.74 Å². The van der Waals surface area contributed by atoms with Crippen molar-refractivity contribution in [1.82, 2.24) is 4.90 Å². The van der Waals surface area contributed by atoms with Gasteiger partial charge in [-0.3, -0.25) is 4.90 Å². The summed E-state index contributed by atoms with van der Waals surface area (Å²) >= 11 is 0. The highest BCUT2D eigenvalue weighted by Crippen LogP contribution is 2.23. The van der Waals surface area contributed by atoms with Crippen LogP contribution >= 0.6 is 0 Å². The van der Waals surface area contributed by atoms with Gasteiger partial charge in [-0.2, -0.15) is 0 Å². The van der Waals surface area contributed by atoms with Crippen molar-refractivity contribution in [1.29, 1.82) is 0 Å². The predicted octanol–water partition coefficient (Wildman–Crippen LogP) is 1.78. The third-order valence-corrected chi connectivity index (χ3v) is 2.89. The minimum absolute atomic E-state index is 0.236. The number of hydrogen-bond acceptors (Lipinski definition) is 4. The lowest BCUT2D eigenvalue weighted by Crippen LogP contribution is -2.32. The molecular weight excluding hydrogens is 275 g/mol. The molecule has 1 aromatic carbocycles. The van der Waals surface area contributed by atoms with E-state index in [9.17, 15) is 18.3 Å². The van der Waals surface area contributed by atoms with E-state index >= 15 is 0 Å². The lowest BCUT2D eigenvalue weighted by Gasteiger charge is -2.21. The molecule has 112 valence electrons. The number of alkyl halides is 3. The molecule has 1 atom stereocenters. The molecule has 1 heterocycles. The molecule has 2 rings (SSSR count). The number of halogens is 3. The van der Waals surface area contributed by atoms with Crippen molar-refractivity contribution in [3.63, 3.8) is 0 Å². The quantitative estimate of drug-likeness (QED) is 0.922. The van der Waals surface area contributed by atoms with Gasteiger partial charge in [-0.25, -0.2) is 0 Å². The molecule has 0 aromatic heterocycles. The Morgan fingerprint density at radius 1 is 1.30 bits per heavy atom. The first-order valence-corrected chi connectivity index (χ1v) is 6.25. The third kappa shape index (κ3) is 4.99. The minimum atomic E-state index is -4.67. The summed E-state index contributed by atoms with van der Waals surface area (Å²) in [6.45, 7) is 2.56. The summed E-state index contributed by atoms with van der Waals surface area (Å²) in [6.07, 6.45) is -5.21. The van der Waals surface area contributed by atoms with Gasteiger partial charge in [0, 0.05) is 19.6 Å². The molecule has 7 heteroatoms. The zero-order chi connectivity index (χ0) is 14.6. The van der Waals surface area contributed by atoms with Crippen molar-refractivity contribution in [2.45, 2.75) is 19.0 Å². The molecule has 20 heavy (non-hydrogen) atoms. The van der Waals surface area contributed by atoms with E-state index in [1.165, 1.54) is 12.1 Å². The van der Waals surface area contributed by atoms with Gasteiger partial charge in [0.05, 0.1) is 19.3 Å². The molecule has 0 spiro atoms. The molecule has 0 aliphatic carbocycles. The summed E-state index contributed by atoms with van der Waals surface area (Å²) in [5.74, 6) is -0.236. The number of rotatable bonds is 3. The maximum Gasteiger partial charge on any atom is 0.573 e. The third-order valence-electron chi connectivity index (χ3n) is 2.89. The Kier molecular flexibility index (Phi) is 4.85. The highest BCUT2D eigenvalue weighted by molar-refractivity contribution is 5.27. The Bertz CT molecular complexity index is 422. The minimum Gasteiger partial charge on any atom is -0.406 e. The van der Waals surface area contributed by atoms with Crippen molar-refractivity contribution in [2.24, 2.45) is 0 Å². The Morgan fingerprint density at radius 3 is 2.65 bits per heavy atom. The number of nitrogens with zero attached hydrogens (tertiary/aromatic N) is 1. The Hall–Kier alpha value is -1.31. The van der Waals surface area contributed by atoms with Crippen LogP contribution in [0.1, 0.15) is 5.56 Å². The van der Waals surface area contributed by atoms with E-state index in [2.05, 4.69) is 4.74 Å². The fourth-order valence-electron chi connectivity index (χ4n) is 2.05. The molecule has 1 aromatic rings. The summed E-state index contributed by atoms with van der Waals surface area (Å²) < 4.78 is 45.1. The van der Waals surface area contributed by atoms with Gasteiger partial charge in [-0.15, -0.1) is 13.2 Å². The van der Waals surface area contributed by atoms with Crippen LogP contribution in [0.3, 0.4) is 0 Å². The molecule has 1 fully saturated rings. The molecule has 1 aliphatic heterocycles. The Labute approximate surface area is 114 Å². The van der Waals surface area contributed by atoms with Gasteiger partial charge < -0.3 is 14.6 Å². The van der Waals surface area contributed by atoms with Gasteiger partial charge in [-0.05, 0) is 17.7 Å². The van der Waals surface area contributed by atoms with Crippen molar-refractivity contribution in [3.05, 3.63) is 29.8 Å². The molecule has 0 bridgehead atoms. The summed E-state index contributed by atoms with van der Waals surface area (Å²) in [4.78, 5) is 2.00. The van der Waals surface area contributed by atoms with E-state index < -0.39 is 12.5 Å². The van der Waals surface area contributed by atoms with Crippen LogP contribution in [0.2, 0.25) is 0 Å². The standard InChI is InChI=1S/C13H16F3NO3/c14-13(15,16)20-12-3-1-10(2-4-12)7-17-5-6-19-9-11(18)8-17/h1-4,11,18H,5-9H2/t11-/m1/s1. The highest BCUT2D eigenvalue weighted by atomic mass is 19.4. The molecular formula is C13H16F3NO3. The lowest BCUT2D eigenvalue weighted by molar-refractivity contribution is -0.274. The number of benzene rings is 1. The van der Waals surface area contributed by atoms with Gasteiger partial charge in [-0.1, -0.05) is 12.1 Å². The zero-order valence-corrected chi connectivity index (χ0v) is 10.8. The van der Waals surface area contributed by atoms with Crippen LogP contribution in [0.25, 0.3) is 0 Å². The average Bonchev–Trinajstić information content (AvgIpc) is 2.54. The first-order chi connectivity index (χ1) is 9.42. The maximum atomic E-state index is 12.0. The van der Waals surface area contributed by atoms with Crippen molar-refractivity contribution in [3.8, 4) is 5.75 Å². The fraction of sp³-hybridized carbons (Fsp3) is 0.538. The van der Waals surface area contributed by atoms with E-state index in [-0.39, 0.29) is 5.75 Å². The Balaban J connectivity index is 1.93. The Morgan fingerprint density at radius 2 is 2.00 bits per heavy atom. The van der Waals surface area contributed by atoms with Crippen LogP contribution < -0.4 is 4.74 Å². The molecule has 1 N–H and O–H groups in total. The van der Waals surface area contributed by atoms with Crippen LogP contribution in [-0.4, -0.2) is 48.8 Å². The molecule has 0 saturated carbocycles. The second kappa shape index (κ2) is 6.43. The number of aliphatic hydroxyl groups excluding tert-OH is 1. The first-order valence-electron chi connectivity index (χ1n) is 6.25. The van der Waals surface area contributed by atoms with Gasteiger partial charge in [0.2, 0.25) is 0 Å². The van der Waals surface area contributed by atoms with Gasteiger partial charge >= 0.3 is 6.36 Å². The zero-order valence-electron chi connectivity index (χ0n) is 10.8. The van der Waals surface area contributed by atoms with Crippen LogP contribution in [-0.2, 0) is 11.3 Å². The topological polar surface area (TPSA) is 41.9 Å². The number of hydrogen-bond donors (Lipinski definition) is 1. The maximum absolute atomic E-state index is 12.0. The molecule has 0 radical (unpaired) electrons. The van der Waals surface area contributed by atoms with Crippen LogP contribution in [0.15, 0.2) is 24.3 Å². The SMILES string of the molecule is O[C@H]1COCCN(Cc2ccc(OC(F)(F)F)cc2)C1. The highest BCUT2D eigenvalue weighted by Gasteiger charge is 2.31. The number of ether oxygens (including phenoxy) is 2. The van der Waals surface area contributed by atoms with E-state index in [1.807, 2.05) is 4.90 Å². The normalized spacial score (nSPS) is 21.5. The summed E-state index contributed by atoms with van der Waals surface area (Å²) in [5, 5.41) is 9.60. The smallest absolute Gasteiger partial charge is 0.406 e. The second-order valence-corrected chi connectivity index (χ2v) is 4.66. The van der Waals surface area contributed by atoms with Crippen LogP contribution in [0.4, 0.5) is 13.2 Å². The summed E-state index contributed by atoms with van der Waals surface area (Å²) in [7, 11) is 0. The van der Waals surface area contributed by atoms with Crippen molar-refractivity contribution in [2.75, 3.05) is 26.3 Å². The predicted molar refractivity (Wildman–Crippen MR) is 65.2 cm³/mol. The summed E-state index contributed by atoms with van der Waals surface area (Å²) in [6, 6.07) is 5.74. The van der Waals surface area contributed by atoms with E-state index in [0.717, 1.165) is 5.56 Å². The molecule has 0 amide bonds. The van der Waals surface area contributed by atoms with Crippen molar-refractivity contribution >= 4 is 0 Å². The monoisotopic (exact) mass is 291 g/mol. The molecule has 4 nitrogen and oxygen atoms in total. The lowest BCUT2D eigenvalue weighted by atomic mass is 10.2. The van der Waals surface area contributed by atoms with Gasteiger partial charge in [0.25, 0.3) is 0 Å². The number of aliphatic hydroxyl groups is 1. The average molecular weight is 291 g/mol. The van der Waals surface area contributed by atoms with Gasteiger partial charge in [0.1, 0.15) is 5.75 Å². The van der Waals surface area contributed by atoms with Crippen LogP contribution in [0, 0.1) is 0 Å². The van der Waals surface area contributed by atoms with Crippen LogP contribution in [0.5, 0.6) is 5.75 Å². The number of β-amino-alcohol motifs (C(OH)–C–C–N with tert-alkyl or cyclic N) is 1. The van der Waals surface area contributed by atoms with Gasteiger partial charge in [0.15, 0.2) is 0 Å². The first kappa shape index (κ1) is 15.1.